The summed E-state index contributed by atoms with van der Waals surface area (Å²) in [7, 11) is 0. The molecule has 0 saturated carbocycles. The van der Waals surface area contributed by atoms with E-state index in [-0.39, 0.29) is 0 Å². The average molecular weight is 212 g/mol. The van der Waals surface area contributed by atoms with Gasteiger partial charge < -0.3 is 15.8 Å². The minimum Gasteiger partial charge on any atom is -0.398 e. The van der Waals surface area contributed by atoms with Crippen LogP contribution in [0.2, 0.25) is 0 Å². The lowest BCUT2D eigenvalue weighted by Crippen LogP contribution is -2.22. The van der Waals surface area contributed by atoms with Gasteiger partial charge in [0, 0.05) is 30.3 Å². The zero-order chi connectivity index (χ0) is 9.80. The van der Waals surface area contributed by atoms with E-state index < -0.39 is 0 Å². The van der Waals surface area contributed by atoms with Crippen LogP contribution in [0, 0.1) is 5.92 Å². The highest BCUT2D eigenvalue weighted by molar-refractivity contribution is 7.10. The third-order valence-corrected chi connectivity index (χ3v) is 3.46. The molecule has 4 heteroatoms. The van der Waals surface area contributed by atoms with Crippen molar-refractivity contribution in [3.8, 4) is 0 Å². The molecular formula is C10H16N2OS. The molecule has 1 atom stereocenters. The van der Waals surface area contributed by atoms with Gasteiger partial charge in [-0.15, -0.1) is 11.3 Å². The van der Waals surface area contributed by atoms with Crippen LogP contribution in [0.3, 0.4) is 0 Å². The Balaban J connectivity index is 1.70. The Bertz CT molecular complexity index is 281. The topological polar surface area (TPSA) is 47.3 Å². The van der Waals surface area contributed by atoms with Gasteiger partial charge in [0.2, 0.25) is 0 Å². The maximum atomic E-state index is 5.78. The van der Waals surface area contributed by atoms with E-state index in [4.69, 9.17) is 10.5 Å². The van der Waals surface area contributed by atoms with E-state index in [2.05, 4.69) is 5.32 Å². The second kappa shape index (κ2) is 4.77. The molecule has 0 aliphatic carbocycles. The Labute approximate surface area is 88.3 Å². The van der Waals surface area contributed by atoms with Gasteiger partial charge in [-0.25, -0.2) is 0 Å². The first kappa shape index (κ1) is 9.96. The second-order valence-corrected chi connectivity index (χ2v) is 4.66. The number of thiophene rings is 1. The standard InChI is InChI=1S/C10H16N2OS/c11-9-2-4-14-10(9)6-12-5-8-1-3-13-7-8/h2,4,8,12H,1,3,5-7,11H2. The quantitative estimate of drug-likeness (QED) is 0.794. The zero-order valence-corrected chi connectivity index (χ0v) is 8.98. The summed E-state index contributed by atoms with van der Waals surface area (Å²) < 4.78 is 5.31. The fraction of sp³-hybridized carbons (Fsp3) is 0.600. The van der Waals surface area contributed by atoms with Crippen LogP contribution in [0.1, 0.15) is 11.3 Å². The fourth-order valence-corrected chi connectivity index (χ4v) is 2.40. The van der Waals surface area contributed by atoms with Gasteiger partial charge in [0.1, 0.15) is 0 Å². The third kappa shape index (κ3) is 2.47. The summed E-state index contributed by atoms with van der Waals surface area (Å²) in [6.45, 7) is 3.76. The first-order chi connectivity index (χ1) is 6.86. The van der Waals surface area contributed by atoms with Crippen molar-refractivity contribution in [2.75, 3.05) is 25.5 Å². The van der Waals surface area contributed by atoms with Crippen molar-refractivity contribution in [1.29, 1.82) is 0 Å². The number of nitrogens with one attached hydrogen (secondary N) is 1. The van der Waals surface area contributed by atoms with Gasteiger partial charge in [0.25, 0.3) is 0 Å². The number of hydrogen-bond acceptors (Lipinski definition) is 4. The highest BCUT2D eigenvalue weighted by atomic mass is 32.1. The molecule has 3 N–H and O–H groups in total. The molecule has 1 aliphatic rings. The Morgan fingerprint density at radius 3 is 3.21 bits per heavy atom. The number of anilines is 1. The lowest BCUT2D eigenvalue weighted by Gasteiger charge is -2.08. The Morgan fingerprint density at radius 1 is 1.64 bits per heavy atom. The van der Waals surface area contributed by atoms with Crippen molar-refractivity contribution in [2.45, 2.75) is 13.0 Å². The smallest absolute Gasteiger partial charge is 0.0507 e. The van der Waals surface area contributed by atoms with E-state index in [0.717, 1.165) is 32.0 Å². The molecule has 0 spiro atoms. The van der Waals surface area contributed by atoms with E-state index in [1.54, 1.807) is 11.3 Å². The second-order valence-electron chi connectivity index (χ2n) is 3.66. The number of nitrogen functional groups attached to an aromatic ring is 1. The average Bonchev–Trinajstić information content (AvgIpc) is 2.78. The molecule has 14 heavy (non-hydrogen) atoms. The number of rotatable bonds is 4. The maximum absolute atomic E-state index is 5.78. The van der Waals surface area contributed by atoms with Gasteiger partial charge in [-0.3, -0.25) is 0 Å². The molecule has 0 amide bonds. The van der Waals surface area contributed by atoms with E-state index in [1.807, 2.05) is 11.4 Å². The van der Waals surface area contributed by atoms with Crippen LogP contribution in [-0.4, -0.2) is 19.8 Å². The summed E-state index contributed by atoms with van der Waals surface area (Å²) in [5.41, 5.74) is 6.69. The highest BCUT2D eigenvalue weighted by Crippen LogP contribution is 2.18. The number of hydrogen-bond donors (Lipinski definition) is 2. The molecular weight excluding hydrogens is 196 g/mol. The van der Waals surface area contributed by atoms with Crippen molar-refractivity contribution in [2.24, 2.45) is 5.92 Å². The van der Waals surface area contributed by atoms with Crippen LogP contribution in [0.4, 0.5) is 5.69 Å². The first-order valence-electron chi connectivity index (χ1n) is 4.96. The molecule has 1 unspecified atom stereocenters. The van der Waals surface area contributed by atoms with Crippen molar-refractivity contribution in [3.63, 3.8) is 0 Å². The van der Waals surface area contributed by atoms with Crippen LogP contribution in [-0.2, 0) is 11.3 Å². The molecule has 1 aromatic rings. The molecule has 1 saturated heterocycles. The molecule has 1 aromatic heterocycles. The van der Waals surface area contributed by atoms with Gasteiger partial charge in [0.05, 0.1) is 6.61 Å². The summed E-state index contributed by atoms with van der Waals surface area (Å²) in [4.78, 5) is 1.24. The van der Waals surface area contributed by atoms with Crippen LogP contribution < -0.4 is 11.1 Å². The van der Waals surface area contributed by atoms with Crippen molar-refractivity contribution < 1.29 is 4.74 Å². The summed E-state index contributed by atoms with van der Waals surface area (Å²) in [5, 5.41) is 5.45. The predicted octanol–water partition coefficient (Wildman–Crippen LogP) is 1.46. The van der Waals surface area contributed by atoms with Crippen LogP contribution >= 0.6 is 11.3 Å². The lowest BCUT2D eigenvalue weighted by molar-refractivity contribution is 0.185. The normalized spacial score (nSPS) is 21.6. The van der Waals surface area contributed by atoms with Crippen LogP contribution in [0.15, 0.2) is 11.4 Å². The Morgan fingerprint density at radius 2 is 2.57 bits per heavy atom. The van der Waals surface area contributed by atoms with E-state index in [9.17, 15) is 0 Å². The zero-order valence-electron chi connectivity index (χ0n) is 8.16. The van der Waals surface area contributed by atoms with E-state index >= 15 is 0 Å². The summed E-state index contributed by atoms with van der Waals surface area (Å²) in [6, 6.07) is 1.96. The SMILES string of the molecule is Nc1ccsc1CNCC1CCOC1. The monoisotopic (exact) mass is 212 g/mol. The fourth-order valence-electron chi connectivity index (χ4n) is 1.63. The molecule has 0 bridgehead atoms. The first-order valence-corrected chi connectivity index (χ1v) is 5.84. The largest absolute Gasteiger partial charge is 0.398 e. The number of nitrogens with two attached hydrogens (primary N) is 1. The van der Waals surface area contributed by atoms with Crippen molar-refractivity contribution in [1.82, 2.24) is 5.32 Å². The summed E-state index contributed by atoms with van der Waals surface area (Å²) in [6.07, 6.45) is 1.19. The highest BCUT2D eigenvalue weighted by Gasteiger charge is 2.14. The molecule has 78 valence electrons. The molecule has 1 fully saturated rings. The Kier molecular flexibility index (Phi) is 3.39. The van der Waals surface area contributed by atoms with Gasteiger partial charge in [-0.2, -0.15) is 0 Å². The maximum Gasteiger partial charge on any atom is 0.0507 e. The molecule has 1 aliphatic heterocycles. The van der Waals surface area contributed by atoms with Crippen molar-refractivity contribution in [3.05, 3.63) is 16.3 Å². The molecule has 2 heterocycles. The third-order valence-electron chi connectivity index (χ3n) is 2.52. The van der Waals surface area contributed by atoms with Gasteiger partial charge in [-0.05, 0) is 23.8 Å². The minimum absolute atomic E-state index is 0.691. The van der Waals surface area contributed by atoms with Gasteiger partial charge in [0.15, 0.2) is 0 Å². The lowest BCUT2D eigenvalue weighted by atomic mass is 10.1. The van der Waals surface area contributed by atoms with Crippen LogP contribution in [0.25, 0.3) is 0 Å². The van der Waals surface area contributed by atoms with E-state index in [1.165, 1.54) is 11.3 Å². The summed E-state index contributed by atoms with van der Waals surface area (Å²) >= 11 is 1.71. The minimum atomic E-state index is 0.691. The Hall–Kier alpha value is -0.580. The molecule has 3 nitrogen and oxygen atoms in total. The van der Waals surface area contributed by atoms with Crippen molar-refractivity contribution >= 4 is 17.0 Å². The summed E-state index contributed by atoms with van der Waals surface area (Å²) in [5.74, 6) is 0.691. The van der Waals surface area contributed by atoms with E-state index in [0.29, 0.717) is 5.92 Å². The van der Waals surface area contributed by atoms with Gasteiger partial charge >= 0.3 is 0 Å². The molecule has 0 aromatic carbocycles. The predicted molar refractivity (Wildman–Crippen MR) is 59.4 cm³/mol. The molecule has 2 rings (SSSR count). The molecule has 0 radical (unpaired) electrons. The number of ether oxygens (including phenoxy) is 1. The van der Waals surface area contributed by atoms with Crippen LogP contribution in [0.5, 0.6) is 0 Å². The van der Waals surface area contributed by atoms with Gasteiger partial charge in [-0.1, -0.05) is 0 Å².